The molecule has 36 heavy (non-hydrogen) atoms. The molecule has 0 spiro atoms. The van der Waals surface area contributed by atoms with Crippen LogP contribution in [0.5, 0.6) is 5.75 Å². The van der Waals surface area contributed by atoms with Gasteiger partial charge in [0.05, 0.1) is 36.9 Å². The summed E-state index contributed by atoms with van der Waals surface area (Å²) in [4.78, 5) is 0.0896. The first-order chi connectivity index (χ1) is 17.4. The van der Waals surface area contributed by atoms with Crippen molar-refractivity contribution in [2.45, 2.75) is 17.5 Å². The predicted molar refractivity (Wildman–Crippen MR) is 144 cm³/mol. The molecule has 0 amide bonds. The molecule has 184 valence electrons. The van der Waals surface area contributed by atoms with E-state index in [4.69, 9.17) is 16.3 Å². The first-order valence-electron chi connectivity index (χ1n) is 11.4. The van der Waals surface area contributed by atoms with E-state index in [0.717, 1.165) is 21.8 Å². The number of nitrogens with zero attached hydrogens (tertiary/aromatic N) is 2. The second-order valence-corrected chi connectivity index (χ2v) is 10.8. The smallest absolute Gasteiger partial charge is 0.264 e. The van der Waals surface area contributed by atoms with Crippen LogP contribution in [0.1, 0.15) is 0 Å². The number of ether oxygens (including phenoxy) is 1. The van der Waals surface area contributed by atoms with Gasteiger partial charge in [0.2, 0.25) is 0 Å². The summed E-state index contributed by atoms with van der Waals surface area (Å²) in [6.07, 6.45) is -0.992. The van der Waals surface area contributed by atoms with Crippen molar-refractivity contribution >= 4 is 49.1 Å². The molecule has 5 rings (SSSR count). The summed E-state index contributed by atoms with van der Waals surface area (Å²) in [6, 6.07) is 28.7. The summed E-state index contributed by atoms with van der Waals surface area (Å²) in [7, 11) is -2.44. The van der Waals surface area contributed by atoms with Crippen molar-refractivity contribution in [1.29, 1.82) is 0 Å². The molecule has 1 aromatic heterocycles. The number of halogens is 1. The summed E-state index contributed by atoms with van der Waals surface area (Å²) >= 11 is 5.99. The molecule has 8 heteroatoms. The summed E-state index contributed by atoms with van der Waals surface area (Å²) in [6.45, 7) is 0.0783. The normalized spacial score (nSPS) is 12.6. The van der Waals surface area contributed by atoms with Gasteiger partial charge in [-0.15, -0.1) is 0 Å². The Morgan fingerprint density at radius 2 is 1.42 bits per heavy atom. The maximum absolute atomic E-state index is 13.7. The zero-order valence-corrected chi connectivity index (χ0v) is 21.2. The van der Waals surface area contributed by atoms with Gasteiger partial charge in [-0.2, -0.15) is 0 Å². The standard InChI is InChI=1S/C28H25ClN2O4S/c1-35-23-14-12-21(13-15-23)31(36(33,34)24-16-10-20(29)11-17-24)19-22(32)18-30-27-8-4-2-6-25(27)26-7-3-5-9-28(26)30/h2-17,22,32H,18-19H2,1H3/t22-/m1/s1. The molecule has 0 aliphatic heterocycles. The molecule has 0 fully saturated rings. The largest absolute Gasteiger partial charge is 0.497 e. The number of benzene rings is 4. The van der Waals surface area contributed by atoms with E-state index in [2.05, 4.69) is 12.1 Å². The molecule has 0 aliphatic carbocycles. The van der Waals surface area contributed by atoms with E-state index in [1.807, 2.05) is 41.0 Å². The Bertz CT molecular complexity index is 1560. The van der Waals surface area contributed by atoms with E-state index >= 15 is 0 Å². The van der Waals surface area contributed by atoms with Crippen molar-refractivity contribution in [2.24, 2.45) is 0 Å². The number of aliphatic hydroxyl groups is 1. The first-order valence-corrected chi connectivity index (χ1v) is 13.3. The van der Waals surface area contributed by atoms with Gasteiger partial charge in [-0.05, 0) is 60.7 Å². The minimum Gasteiger partial charge on any atom is -0.497 e. The monoisotopic (exact) mass is 520 g/mol. The Labute approximate surface area is 215 Å². The van der Waals surface area contributed by atoms with Gasteiger partial charge in [-0.3, -0.25) is 4.31 Å². The van der Waals surface area contributed by atoms with Crippen LogP contribution in [0.2, 0.25) is 5.02 Å². The second kappa shape index (κ2) is 9.85. The lowest BCUT2D eigenvalue weighted by atomic mass is 10.2. The summed E-state index contributed by atoms with van der Waals surface area (Å²) in [5.74, 6) is 0.605. The van der Waals surface area contributed by atoms with Crippen LogP contribution in [-0.2, 0) is 16.6 Å². The van der Waals surface area contributed by atoms with E-state index in [9.17, 15) is 13.5 Å². The average Bonchev–Trinajstić information content (AvgIpc) is 3.21. The molecule has 6 nitrogen and oxygen atoms in total. The zero-order valence-electron chi connectivity index (χ0n) is 19.6. The highest BCUT2D eigenvalue weighted by molar-refractivity contribution is 7.92. The molecular formula is C28H25ClN2O4S. The van der Waals surface area contributed by atoms with Crippen molar-refractivity contribution in [3.05, 3.63) is 102 Å². The third-order valence-corrected chi connectivity index (χ3v) is 8.27. The Hall–Kier alpha value is -3.52. The predicted octanol–water partition coefficient (Wildman–Crippen LogP) is 5.71. The van der Waals surface area contributed by atoms with Crippen LogP contribution in [0.3, 0.4) is 0 Å². The summed E-state index contributed by atoms with van der Waals surface area (Å²) in [5.41, 5.74) is 2.38. The van der Waals surface area contributed by atoms with Crippen LogP contribution in [0.4, 0.5) is 5.69 Å². The minimum atomic E-state index is -3.98. The quantitative estimate of drug-likeness (QED) is 0.284. The van der Waals surface area contributed by atoms with Gasteiger partial charge < -0.3 is 14.4 Å². The third-order valence-electron chi connectivity index (χ3n) is 6.21. The molecule has 1 heterocycles. The molecule has 4 aromatic carbocycles. The molecule has 0 saturated heterocycles. The van der Waals surface area contributed by atoms with E-state index in [1.165, 1.54) is 28.6 Å². The summed E-state index contributed by atoms with van der Waals surface area (Å²) in [5, 5.41) is 13.9. The number of para-hydroxylation sites is 2. The zero-order chi connectivity index (χ0) is 25.3. The van der Waals surface area contributed by atoms with E-state index < -0.39 is 16.1 Å². The van der Waals surface area contributed by atoms with E-state index in [1.54, 1.807) is 31.4 Å². The van der Waals surface area contributed by atoms with Gasteiger partial charge in [0, 0.05) is 26.8 Å². The second-order valence-electron chi connectivity index (χ2n) is 8.49. The lowest BCUT2D eigenvalue weighted by Crippen LogP contribution is -2.39. The minimum absolute atomic E-state index is 0.0896. The van der Waals surface area contributed by atoms with Crippen LogP contribution in [0.25, 0.3) is 21.8 Å². The van der Waals surface area contributed by atoms with Gasteiger partial charge in [0.1, 0.15) is 5.75 Å². The fraction of sp³-hybridized carbons (Fsp3) is 0.143. The maximum atomic E-state index is 13.7. The number of aliphatic hydroxyl groups excluding tert-OH is 1. The van der Waals surface area contributed by atoms with Crippen LogP contribution in [0, 0.1) is 0 Å². The average molecular weight is 521 g/mol. The molecular weight excluding hydrogens is 496 g/mol. The SMILES string of the molecule is COc1ccc(N(C[C@H](O)Cn2c3ccccc3c3ccccc32)S(=O)(=O)c2ccc(Cl)cc2)cc1. The fourth-order valence-electron chi connectivity index (χ4n) is 4.48. The van der Waals surface area contributed by atoms with Crippen molar-refractivity contribution < 1.29 is 18.3 Å². The highest BCUT2D eigenvalue weighted by Crippen LogP contribution is 2.30. The van der Waals surface area contributed by atoms with Crippen LogP contribution in [0.15, 0.2) is 102 Å². The van der Waals surface area contributed by atoms with Gasteiger partial charge >= 0.3 is 0 Å². The van der Waals surface area contributed by atoms with Gasteiger partial charge in [0.25, 0.3) is 10.0 Å². The Kier molecular flexibility index (Phi) is 6.62. The van der Waals surface area contributed by atoms with E-state index in [0.29, 0.717) is 16.5 Å². The Balaban J connectivity index is 1.52. The van der Waals surface area contributed by atoms with Crippen molar-refractivity contribution in [1.82, 2.24) is 4.57 Å². The van der Waals surface area contributed by atoms with Crippen LogP contribution < -0.4 is 9.04 Å². The number of anilines is 1. The first kappa shape index (κ1) is 24.2. The van der Waals surface area contributed by atoms with Crippen LogP contribution >= 0.6 is 11.6 Å². The molecule has 5 aromatic rings. The molecule has 0 aliphatic rings. The Morgan fingerprint density at radius 1 is 0.861 bits per heavy atom. The van der Waals surface area contributed by atoms with Gasteiger partial charge in [-0.25, -0.2) is 8.42 Å². The molecule has 0 saturated carbocycles. The van der Waals surface area contributed by atoms with Crippen molar-refractivity contribution in [3.8, 4) is 5.75 Å². The lowest BCUT2D eigenvalue weighted by molar-refractivity contribution is 0.166. The van der Waals surface area contributed by atoms with Gasteiger partial charge in [0.15, 0.2) is 0 Å². The number of hydrogen-bond donors (Lipinski definition) is 1. The Morgan fingerprint density at radius 3 is 1.97 bits per heavy atom. The molecule has 0 radical (unpaired) electrons. The highest BCUT2D eigenvalue weighted by atomic mass is 35.5. The molecule has 0 unspecified atom stereocenters. The fourth-order valence-corrected chi connectivity index (χ4v) is 6.11. The van der Waals surface area contributed by atoms with E-state index in [-0.39, 0.29) is 18.0 Å². The number of sulfonamides is 1. The van der Waals surface area contributed by atoms with Gasteiger partial charge in [-0.1, -0.05) is 48.0 Å². The molecule has 1 N–H and O–H groups in total. The molecule has 1 atom stereocenters. The molecule has 0 bridgehead atoms. The highest BCUT2D eigenvalue weighted by Gasteiger charge is 2.28. The number of fused-ring (bicyclic) bond motifs is 3. The number of methoxy groups -OCH3 is 1. The lowest BCUT2D eigenvalue weighted by Gasteiger charge is -2.27. The topological polar surface area (TPSA) is 71.8 Å². The van der Waals surface area contributed by atoms with Crippen molar-refractivity contribution in [3.63, 3.8) is 0 Å². The van der Waals surface area contributed by atoms with Crippen molar-refractivity contribution in [2.75, 3.05) is 18.0 Å². The number of aromatic nitrogens is 1. The maximum Gasteiger partial charge on any atom is 0.264 e. The number of rotatable bonds is 8. The summed E-state index contributed by atoms with van der Waals surface area (Å²) < 4.78 is 35.9. The third kappa shape index (κ3) is 4.53. The van der Waals surface area contributed by atoms with Crippen LogP contribution in [-0.4, -0.2) is 37.8 Å². The number of hydrogen-bond acceptors (Lipinski definition) is 4.